The topological polar surface area (TPSA) is 56.6 Å². The van der Waals surface area contributed by atoms with Crippen molar-refractivity contribution in [3.05, 3.63) is 77.7 Å². The van der Waals surface area contributed by atoms with Crippen LogP contribution in [0.1, 0.15) is 17.0 Å². The molecule has 0 unspecified atom stereocenters. The minimum absolute atomic E-state index is 0.0281. The minimum atomic E-state index is 0.0281. The molecule has 0 aliphatic carbocycles. The number of carbonyl (C=O) groups is 1. The van der Waals surface area contributed by atoms with Crippen LogP contribution in [0.5, 0.6) is 0 Å². The van der Waals surface area contributed by atoms with Gasteiger partial charge in [0.05, 0.1) is 25.1 Å². The van der Waals surface area contributed by atoms with Gasteiger partial charge in [-0.3, -0.25) is 4.79 Å². The third-order valence-electron chi connectivity index (χ3n) is 5.36. The minimum Gasteiger partial charge on any atom is -0.380 e. The van der Waals surface area contributed by atoms with Crippen molar-refractivity contribution in [2.45, 2.75) is 26.2 Å². The lowest BCUT2D eigenvalue weighted by atomic mass is 10.1. The van der Waals surface area contributed by atoms with Gasteiger partial charge in [-0.05, 0) is 17.2 Å². The summed E-state index contributed by atoms with van der Waals surface area (Å²) in [4.78, 5) is 19.1. The molecule has 4 rings (SSSR count). The summed E-state index contributed by atoms with van der Waals surface area (Å²) in [6, 6.07) is 18.2. The van der Waals surface area contributed by atoms with E-state index in [2.05, 4.69) is 27.8 Å². The zero-order valence-electron chi connectivity index (χ0n) is 17.3. The number of rotatable bonds is 7. The number of hydrogen-bond donors (Lipinski definition) is 0. The lowest BCUT2D eigenvalue weighted by Crippen LogP contribution is -2.36. The second kappa shape index (κ2) is 9.69. The molecule has 1 amide bonds. The SMILES string of the molecule is COCc1cccc(-c2cnc3n2CCN(C(=O)COCc2ccccc2)CC3)c1. The molecule has 1 aliphatic rings. The fourth-order valence-corrected chi connectivity index (χ4v) is 3.82. The first-order chi connectivity index (χ1) is 14.7. The Hall–Kier alpha value is -2.96. The molecule has 2 aromatic carbocycles. The quantitative estimate of drug-likeness (QED) is 0.605. The van der Waals surface area contributed by atoms with Gasteiger partial charge in [0.2, 0.25) is 5.91 Å². The number of methoxy groups -OCH3 is 1. The number of imidazole rings is 1. The monoisotopic (exact) mass is 405 g/mol. The van der Waals surface area contributed by atoms with Gasteiger partial charge in [0, 0.05) is 38.7 Å². The normalized spacial score (nSPS) is 13.7. The van der Waals surface area contributed by atoms with Crippen LogP contribution >= 0.6 is 0 Å². The van der Waals surface area contributed by atoms with E-state index >= 15 is 0 Å². The lowest BCUT2D eigenvalue weighted by Gasteiger charge is -2.20. The van der Waals surface area contributed by atoms with Crippen LogP contribution in [0.15, 0.2) is 60.8 Å². The number of benzene rings is 2. The smallest absolute Gasteiger partial charge is 0.248 e. The third kappa shape index (κ3) is 4.78. The maximum absolute atomic E-state index is 12.6. The van der Waals surface area contributed by atoms with E-state index in [1.165, 1.54) is 0 Å². The average molecular weight is 405 g/mol. The number of carbonyl (C=O) groups excluding carboxylic acids is 1. The van der Waals surface area contributed by atoms with Crippen LogP contribution in [0.25, 0.3) is 11.3 Å². The molecule has 0 fully saturated rings. The fraction of sp³-hybridized carbons (Fsp3) is 0.333. The summed E-state index contributed by atoms with van der Waals surface area (Å²) in [5, 5.41) is 0. The third-order valence-corrected chi connectivity index (χ3v) is 5.36. The molecule has 1 aromatic heterocycles. The average Bonchev–Trinajstić information content (AvgIpc) is 3.06. The van der Waals surface area contributed by atoms with Crippen LogP contribution < -0.4 is 0 Å². The number of fused-ring (bicyclic) bond motifs is 1. The molecule has 1 aliphatic heterocycles. The summed E-state index contributed by atoms with van der Waals surface area (Å²) < 4.78 is 13.1. The van der Waals surface area contributed by atoms with E-state index in [1.807, 2.05) is 47.5 Å². The van der Waals surface area contributed by atoms with Crippen LogP contribution in [0.2, 0.25) is 0 Å². The molecule has 2 heterocycles. The Kier molecular flexibility index (Phi) is 6.57. The summed E-state index contributed by atoms with van der Waals surface area (Å²) in [6.07, 6.45) is 2.67. The van der Waals surface area contributed by atoms with Crippen molar-refractivity contribution < 1.29 is 14.3 Å². The molecule has 0 N–H and O–H groups in total. The second-order valence-electron chi connectivity index (χ2n) is 7.45. The lowest BCUT2D eigenvalue weighted by molar-refractivity contribution is -0.136. The molecule has 156 valence electrons. The molecule has 30 heavy (non-hydrogen) atoms. The van der Waals surface area contributed by atoms with E-state index in [-0.39, 0.29) is 12.5 Å². The second-order valence-corrected chi connectivity index (χ2v) is 7.45. The van der Waals surface area contributed by atoms with Gasteiger partial charge < -0.3 is 18.9 Å². The number of ether oxygens (including phenoxy) is 2. The molecule has 6 nitrogen and oxygen atoms in total. The van der Waals surface area contributed by atoms with Gasteiger partial charge in [-0.1, -0.05) is 48.5 Å². The van der Waals surface area contributed by atoms with E-state index in [0.29, 0.717) is 26.3 Å². The summed E-state index contributed by atoms with van der Waals surface area (Å²) in [6.45, 7) is 3.17. The van der Waals surface area contributed by atoms with Gasteiger partial charge in [0.15, 0.2) is 0 Å². The van der Waals surface area contributed by atoms with Crippen LogP contribution in [-0.4, -0.2) is 47.2 Å². The van der Waals surface area contributed by atoms with Crippen molar-refractivity contribution in [2.24, 2.45) is 0 Å². The van der Waals surface area contributed by atoms with Gasteiger partial charge in [-0.15, -0.1) is 0 Å². The Balaban J connectivity index is 1.38. The van der Waals surface area contributed by atoms with Gasteiger partial charge in [-0.2, -0.15) is 0 Å². The predicted octanol–water partition coefficient (Wildman–Crippen LogP) is 3.30. The summed E-state index contributed by atoms with van der Waals surface area (Å²) in [5.41, 5.74) is 4.40. The first-order valence-corrected chi connectivity index (χ1v) is 10.3. The fourth-order valence-electron chi connectivity index (χ4n) is 3.82. The number of hydrogen-bond acceptors (Lipinski definition) is 4. The molecule has 0 spiro atoms. The van der Waals surface area contributed by atoms with Gasteiger partial charge in [0.1, 0.15) is 12.4 Å². The molecular formula is C24H27N3O3. The molecule has 0 atom stereocenters. The maximum Gasteiger partial charge on any atom is 0.248 e. The van der Waals surface area contributed by atoms with E-state index in [4.69, 9.17) is 9.47 Å². The van der Waals surface area contributed by atoms with Crippen LogP contribution in [-0.2, 0) is 40.4 Å². The van der Waals surface area contributed by atoms with Gasteiger partial charge in [-0.25, -0.2) is 4.98 Å². The largest absolute Gasteiger partial charge is 0.380 e. The van der Waals surface area contributed by atoms with E-state index in [0.717, 1.165) is 41.2 Å². The van der Waals surface area contributed by atoms with Crippen LogP contribution in [0.3, 0.4) is 0 Å². The highest BCUT2D eigenvalue weighted by atomic mass is 16.5. The van der Waals surface area contributed by atoms with Crippen molar-refractivity contribution >= 4 is 5.91 Å². The molecule has 0 saturated carbocycles. The van der Waals surface area contributed by atoms with E-state index in [9.17, 15) is 4.79 Å². The zero-order chi connectivity index (χ0) is 20.8. The van der Waals surface area contributed by atoms with Crippen molar-refractivity contribution in [1.82, 2.24) is 14.5 Å². The zero-order valence-corrected chi connectivity index (χ0v) is 17.3. The molecule has 0 bridgehead atoms. The number of amides is 1. The first-order valence-electron chi connectivity index (χ1n) is 10.3. The highest BCUT2D eigenvalue weighted by molar-refractivity contribution is 5.77. The van der Waals surface area contributed by atoms with E-state index in [1.54, 1.807) is 7.11 Å². The van der Waals surface area contributed by atoms with Crippen molar-refractivity contribution in [3.8, 4) is 11.3 Å². The Morgan fingerprint density at radius 3 is 2.67 bits per heavy atom. The Labute approximate surface area is 177 Å². The highest BCUT2D eigenvalue weighted by Crippen LogP contribution is 2.24. The van der Waals surface area contributed by atoms with Gasteiger partial charge >= 0.3 is 0 Å². The van der Waals surface area contributed by atoms with Crippen molar-refractivity contribution in [3.63, 3.8) is 0 Å². The van der Waals surface area contributed by atoms with Crippen LogP contribution in [0, 0.1) is 0 Å². The first kappa shape index (κ1) is 20.3. The standard InChI is InChI=1S/C24H27N3O3/c1-29-16-20-8-5-9-21(14-20)22-15-25-23-10-11-26(12-13-27(22)23)24(28)18-30-17-19-6-3-2-4-7-19/h2-9,14-15H,10-13,16-18H2,1H3. The predicted molar refractivity (Wildman–Crippen MR) is 115 cm³/mol. The summed E-state index contributed by atoms with van der Waals surface area (Å²) >= 11 is 0. The molecular weight excluding hydrogens is 378 g/mol. The Morgan fingerprint density at radius 1 is 1.00 bits per heavy atom. The van der Waals surface area contributed by atoms with Crippen molar-refractivity contribution in [2.75, 3.05) is 26.8 Å². The Bertz CT molecular complexity index is 984. The Morgan fingerprint density at radius 2 is 1.83 bits per heavy atom. The van der Waals surface area contributed by atoms with Gasteiger partial charge in [0.25, 0.3) is 0 Å². The van der Waals surface area contributed by atoms with E-state index < -0.39 is 0 Å². The molecule has 0 radical (unpaired) electrons. The highest BCUT2D eigenvalue weighted by Gasteiger charge is 2.21. The molecule has 6 heteroatoms. The van der Waals surface area contributed by atoms with Crippen LogP contribution in [0.4, 0.5) is 0 Å². The molecule has 3 aromatic rings. The molecule has 0 saturated heterocycles. The van der Waals surface area contributed by atoms with Crippen molar-refractivity contribution in [1.29, 1.82) is 0 Å². The summed E-state index contributed by atoms with van der Waals surface area (Å²) in [5.74, 6) is 1.04. The summed E-state index contributed by atoms with van der Waals surface area (Å²) in [7, 11) is 1.70. The number of nitrogens with zero attached hydrogens (tertiary/aromatic N) is 3. The maximum atomic E-state index is 12.6. The number of aromatic nitrogens is 2.